The number of carbonyl (C=O) groups excluding carboxylic acids is 3. The molecule has 2 aromatic heterocycles. The summed E-state index contributed by atoms with van der Waals surface area (Å²) in [7, 11) is 1.27. The summed E-state index contributed by atoms with van der Waals surface area (Å²) >= 11 is 0. The van der Waals surface area contributed by atoms with E-state index < -0.39 is 17.9 Å². The molecule has 0 radical (unpaired) electrons. The van der Waals surface area contributed by atoms with E-state index in [0.29, 0.717) is 25.2 Å². The van der Waals surface area contributed by atoms with E-state index in [1.165, 1.54) is 41.7 Å². The fourth-order valence-corrected chi connectivity index (χ4v) is 2.55. The summed E-state index contributed by atoms with van der Waals surface area (Å²) in [4.78, 5) is 44.5. The molecule has 0 atom stereocenters. The van der Waals surface area contributed by atoms with Gasteiger partial charge in [0.15, 0.2) is 0 Å². The second-order valence-electron chi connectivity index (χ2n) is 5.50. The van der Waals surface area contributed by atoms with Crippen LogP contribution >= 0.6 is 0 Å². The highest BCUT2D eigenvalue weighted by molar-refractivity contribution is 5.97. The molecule has 0 bridgehead atoms. The molecule has 1 N–H and O–H groups in total. The number of methoxy groups -OCH3 is 1. The Labute approximate surface area is 149 Å². The fraction of sp³-hybridized carbons (Fsp3) is 0.235. The second kappa shape index (κ2) is 7.60. The van der Waals surface area contributed by atoms with Gasteiger partial charge in [-0.3, -0.25) is 14.8 Å². The molecule has 0 unspecified atom stereocenters. The second-order valence-corrected chi connectivity index (χ2v) is 5.50. The van der Waals surface area contributed by atoms with E-state index in [-0.39, 0.29) is 11.3 Å². The van der Waals surface area contributed by atoms with E-state index in [2.05, 4.69) is 20.0 Å². The Kier molecular flexibility index (Phi) is 5.07. The van der Waals surface area contributed by atoms with Gasteiger partial charge in [-0.15, -0.1) is 0 Å². The maximum Gasteiger partial charge on any atom is 0.340 e. The van der Waals surface area contributed by atoms with Crippen molar-refractivity contribution in [3.05, 3.63) is 54.1 Å². The molecule has 0 saturated carbocycles. The number of hydrogen-bond acceptors (Lipinski definition) is 6. The first-order valence-corrected chi connectivity index (χ1v) is 7.95. The maximum absolute atomic E-state index is 12.7. The Morgan fingerprint density at radius 3 is 2.58 bits per heavy atom. The Balaban J connectivity index is 1.71. The summed E-state index contributed by atoms with van der Waals surface area (Å²) in [6.07, 6.45) is 5.06. The van der Waals surface area contributed by atoms with Crippen molar-refractivity contribution in [1.82, 2.24) is 20.0 Å². The van der Waals surface area contributed by atoms with Gasteiger partial charge >= 0.3 is 12.0 Å². The number of urea groups is 1. The number of nitrogens with zero attached hydrogens (tertiary/aromatic N) is 4. The van der Waals surface area contributed by atoms with Crippen LogP contribution in [0.25, 0.3) is 0 Å². The number of nitrogens with one attached hydrogen (secondary N) is 1. The van der Waals surface area contributed by atoms with Crippen molar-refractivity contribution in [3.8, 4) is 0 Å². The van der Waals surface area contributed by atoms with E-state index in [1.54, 1.807) is 18.3 Å². The standard InChI is InChI=1S/C17H17N5O4/c1-26-16(24)12-5-6-14(19-10-12)15(23)21-8-3-9-22(21)17(25)20-13-4-2-7-18-11-13/h2,4-7,10-11H,3,8-9H2,1H3,(H,20,25). The third-order valence-electron chi connectivity index (χ3n) is 3.82. The minimum Gasteiger partial charge on any atom is -0.465 e. The van der Waals surface area contributed by atoms with Gasteiger partial charge in [0.1, 0.15) is 5.69 Å². The van der Waals surface area contributed by atoms with Gasteiger partial charge in [0.05, 0.1) is 24.6 Å². The summed E-state index contributed by atoms with van der Waals surface area (Å²) < 4.78 is 4.60. The van der Waals surface area contributed by atoms with Crippen LogP contribution in [-0.2, 0) is 4.74 Å². The van der Waals surface area contributed by atoms with E-state index >= 15 is 0 Å². The van der Waals surface area contributed by atoms with Crippen LogP contribution in [0.5, 0.6) is 0 Å². The third kappa shape index (κ3) is 3.61. The molecule has 1 saturated heterocycles. The molecule has 9 heteroatoms. The number of hydrogen-bond donors (Lipinski definition) is 1. The number of pyridine rings is 2. The van der Waals surface area contributed by atoms with Crippen LogP contribution in [0, 0.1) is 0 Å². The molecule has 3 heterocycles. The predicted molar refractivity (Wildman–Crippen MR) is 91.2 cm³/mol. The smallest absolute Gasteiger partial charge is 0.340 e. The lowest BCUT2D eigenvalue weighted by molar-refractivity contribution is 0.0398. The molecule has 2 aromatic rings. The Morgan fingerprint density at radius 2 is 1.92 bits per heavy atom. The number of anilines is 1. The Hall–Kier alpha value is -3.49. The molecule has 26 heavy (non-hydrogen) atoms. The molecule has 1 fully saturated rings. The minimum absolute atomic E-state index is 0.138. The van der Waals surface area contributed by atoms with E-state index in [1.807, 2.05) is 0 Å². The van der Waals surface area contributed by atoms with Crippen molar-refractivity contribution in [2.45, 2.75) is 6.42 Å². The zero-order chi connectivity index (χ0) is 18.5. The minimum atomic E-state index is -0.532. The number of carbonyl (C=O) groups is 3. The normalized spacial score (nSPS) is 13.4. The molecule has 3 rings (SSSR count). The van der Waals surface area contributed by atoms with Crippen LogP contribution in [0.1, 0.15) is 27.3 Å². The highest BCUT2D eigenvalue weighted by Crippen LogP contribution is 2.16. The van der Waals surface area contributed by atoms with Gasteiger partial charge in [-0.2, -0.15) is 0 Å². The number of esters is 1. The first kappa shape index (κ1) is 17.3. The Bertz CT molecular complexity index is 810. The van der Waals surface area contributed by atoms with Crippen molar-refractivity contribution in [2.75, 3.05) is 25.5 Å². The summed E-state index contributed by atoms with van der Waals surface area (Å²) in [5.74, 6) is -0.949. The lowest BCUT2D eigenvalue weighted by Crippen LogP contribution is -2.47. The Morgan fingerprint density at radius 1 is 1.12 bits per heavy atom. The van der Waals surface area contributed by atoms with Gasteiger partial charge in [0, 0.05) is 25.5 Å². The van der Waals surface area contributed by atoms with Crippen molar-refractivity contribution in [2.24, 2.45) is 0 Å². The molecule has 1 aliphatic heterocycles. The van der Waals surface area contributed by atoms with Gasteiger partial charge in [-0.25, -0.2) is 19.6 Å². The van der Waals surface area contributed by atoms with Crippen LogP contribution < -0.4 is 5.32 Å². The lowest BCUT2D eigenvalue weighted by Gasteiger charge is -2.27. The van der Waals surface area contributed by atoms with Crippen LogP contribution in [0.4, 0.5) is 10.5 Å². The van der Waals surface area contributed by atoms with E-state index in [0.717, 1.165) is 0 Å². The molecule has 0 aliphatic carbocycles. The van der Waals surface area contributed by atoms with Crippen LogP contribution in [-0.4, -0.2) is 58.1 Å². The van der Waals surface area contributed by atoms with Crippen molar-refractivity contribution in [3.63, 3.8) is 0 Å². The molecule has 0 aromatic carbocycles. The van der Waals surface area contributed by atoms with Gasteiger partial charge in [0.25, 0.3) is 5.91 Å². The van der Waals surface area contributed by atoms with E-state index in [9.17, 15) is 14.4 Å². The average molecular weight is 355 g/mol. The van der Waals surface area contributed by atoms with Crippen LogP contribution in [0.3, 0.4) is 0 Å². The number of ether oxygens (including phenoxy) is 1. The molecule has 1 aliphatic rings. The fourth-order valence-electron chi connectivity index (χ4n) is 2.55. The quantitative estimate of drug-likeness (QED) is 0.838. The maximum atomic E-state index is 12.7. The average Bonchev–Trinajstić information content (AvgIpc) is 3.17. The van der Waals surface area contributed by atoms with Gasteiger partial charge in [-0.05, 0) is 30.7 Å². The molecular weight excluding hydrogens is 338 g/mol. The number of rotatable bonds is 3. The highest BCUT2D eigenvalue weighted by Gasteiger charge is 2.32. The number of aromatic nitrogens is 2. The SMILES string of the molecule is COC(=O)c1ccc(C(=O)N2CCCN2C(=O)Nc2cccnc2)nc1. The first-order valence-electron chi connectivity index (χ1n) is 7.95. The van der Waals surface area contributed by atoms with Crippen molar-refractivity contribution < 1.29 is 19.1 Å². The molecule has 134 valence electrons. The molecular formula is C17H17N5O4. The highest BCUT2D eigenvalue weighted by atomic mass is 16.5. The van der Waals surface area contributed by atoms with Gasteiger partial charge < -0.3 is 10.1 Å². The largest absolute Gasteiger partial charge is 0.465 e. The monoisotopic (exact) mass is 355 g/mol. The van der Waals surface area contributed by atoms with Gasteiger partial charge in [0.2, 0.25) is 0 Å². The number of amides is 3. The summed E-state index contributed by atoms with van der Waals surface area (Å²) in [5.41, 5.74) is 0.924. The molecule has 3 amide bonds. The van der Waals surface area contributed by atoms with Gasteiger partial charge in [-0.1, -0.05) is 0 Å². The van der Waals surface area contributed by atoms with Crippen molar-refractivity contribution >= 4 is 23.6 Å². The zero-order valence-electron chi connectivity index (χ0n) is 14.1. The summed E-state index contributed by atoms with van der Waals surface area (Å²) in [6, 6.07) is 5.89. The molecule has 9 nitrogen and oxygen atoms in total. The zero-order valence-corrected chi connectivity index (χ0v) is 14.1. The number of hydrazine groups is 1. The van der Waals surface area contributed by atoms with E-state index in [4.69, 9.17) is 0 Å². The molecule has 0 spiro atoms. The lowest BCUT2D eigenvalue weighted by atomic mass is 10.2. The van der Waals surface area contributed by atoms with Crippen LogP contribution in [0.15, 0.2) is 42.9 Å². The predicted octanol–water partition coefficient (Wildman–Crippen LogP) is 1.56. The summed E-state index contributed by atoms with van der Waals surface area (Å²) in [6.45, 7) is 0.817. The third-order valence-corrected chi connectivity index (χ3v) is 3.82. The van der Waals surface area contributed by atoms with Crippen molar-refractivity contribution in [1.29, 1.82) is 0 Å². The van der Waals surface area contributed by atoms with Crippen LogP contribution in [0.2, 0.25) is 0 Å². The summed E-state index contributed by atoms with van der Waals surface area (Å²) in [5, 5.41) is 5.38. The first-order chi connectivity index (χ1) is 12.6. The topological polar surface area (TPSA) is 105 Å².